The van der Waals surface area contributed by atoms with Gasteiger partial charge in [-0.3, -0.25) is 29.2 Å². The van der Waals surface area contributed by atoms with Gasteiger partial charge in [-0.05, 0) is 49.4 Å². The summed E-state index contributed by atoms with van der Waals surface area (Å²) in [5.41, 5.74) is 0.448. The van der Waals surface area contributed by atoms with Crippen molar-refractivity contribution in [2.24, 2.45) is 0 Å². The van der Waals surface area contributed by atoms with Gasteiger partial charge in [0.25, 0.3) is 17.2 Å². The fraction of sp³-hybridized carbons (Fsp3) is 0.259. The largest absolute Gasteiger partial charge is 0.462 e. The van der Waals surface area contributed by atoms with Gasteiger partial charge in [-0.2, -0.15) is 0 Å². The summed E-state index contributed by atoms with van der Waals surface area (Å²) in [6.45, 7) is 4.27. The number of nitro benzene ring substituents is 1. The number of nitrogens with zero attached hydrogens (tertiary/aromatic N) is 5. The summed E-state index contributed by atoms with van der Waals surface area (Å²) >= 11 is 0. The van der Waals surface area contributed by atoms with E-state index >= 15 is 0 Å². The first-order valence-corrected chi connectivity index (χ1v) is 12.4. The summed E-state index contributed by atoms with van der Waals surface area (Å²) < 4.78 is 11.7. The zero-order valence-electron chi connectivity index (χ0n) is 21.1. The molecule has 4 aromatic rings. The number of nitro groups is 1. The van der Waals surface area contributed by atoms with E-state index in [1.807, 2.05) is 0 Å². The lowest BCUT2D eigenvalue weighted by atomic mass is 10.1. The number of piperazine rings is 1. The van der Waals surface area contributed by atoms with Crippen LogP contribution in [-0.4, -0.2) is 68.9 Å². The Morgan fingerprint density at radius 1 is 1.08 bits per heavy atom. The van der Waals surface area contributed by atoms with E-state index in [-0.39, 0.29) is 29.3 Å². The highest BCUT2D eigenvalue weighted by Gasteiger charge is 2.25. The molecule has 1 fully saturated rings. The van der Waals surface area contributed by atoms with Crippen molar-refractivity contribution < 1.29 is 23.7 Å². The molecule has 0 N–H and O–H groups in total. The number of amides is 1. The Morgan fingerprint density at radius 2 is 1.82 bits per heavy atom. The summed E-state index contributed by atoms with van der Waals surface area (Å²) in [6, 6.07) is 13.6. The number of carbonyl (C=O) groups excluding carboxylic acids is 2. The fourth-order valence-electron chi connectivity index (χ4n) is 4.53. The van der Waals surface area contributed by atoms with Crippen LogP contribution in [0.1, 0.15) is 33.7 Å². The van der Waals surface area contributed by atoms with Crippen LogP contribution >= 0.6 is 0 Å². The number of ether oxygens (including phenoxy) is 1. The van der Waals surface area contributed by atoms with Crippen LogP contribution in [0.4, 0.5) is 5.69 Å². The summed E-state index contributed by atoms with van der Waals surface area (Å²) in [4.78, 5) is 57.7. The molecule has 1 amide bonds. The van der Waals surface area contributed by atoms with E-state index in [4.69, 9.17) is 14.1 Å². The van der Waals surface area contributed by atoms with Gasteiger partial charge in [-0.1, -0.05) is 0 Å². The molecule has 2 aromatic carbocycles. The first kappa shape index (κ1) is 25.8. The maximum absolute atomic E-state index is 13.7. The van der Waals surface area contributed by atoms with Crippen LogP contribution in [0.3, 0.4) is 0 Å². The van der Waals surface area contributed by atoms with Gasteiger partial charge in [-0.25, -0.2) is 9.78 Å². The third-order valence-electron chi connectivity index (χ3n) is 6.53. The molecule has 12 nitrogen and oxygen atoms in total. The summed E-state index contributed by atoms with van der Waals surface area (Å²) in [6.07, 6.45) is 1.46. The molecule has 0 atom stereocenters. The number of esters is 1. The lowest BCUT2D eigenvalue weighted by Crippen LogP contribution is -2.48. The monoisotopic (exact) mass is 531 g/mol. The van der Waals surface area contributed by atoms with E-state index in [2.05, 4.69) is 4.90 Å². The van der Waals surface area contributed by atoms with Crippen LogP contribution in [0.5, 0.6) is 0 Å². The third kappa shape index (κ3) is 5.27. The first-order chi connectivity index (χ1) is 18.9. The maximum Gasteiger partial charge on any atom is 0.338 e. The van der Waals surface area contributed by atoms with E-state index in [1.165, 1.54) is 29.0 Å². The van der Waals surface area contributed by atoms with Gasteiger partial charge in [-0.15, -0.1) is 0 Å². The highest BCUT2D eigenvalue weighted by Crippen LogP contribution is 2.21. The van der Waals surface area contributed by atoms with E-state index in [1.54, 1.807) is 48.2 Å². The van der Waals surface area contributed by atoms with E-state index in [0.29, 0.717) is 55.3 Å². The maximum atomic E-state index is 13.7. The predicted octanol–water partition coefficient (Wildman–Crippen LogP) is 3.02. The number of furan rings is 1. The van der Waals surface area contributed by atoms with Crippen molar-refractivity contribution in [2.75, 3.05) is 32.8 Å². The molecule has 0 saturated carbocycles. The quantitative estimate of drug-likeness (QED) is 0.200. The zero-order chi connectivity index (χ0) is 27.5. The summed E-state index contributed by atoms with van der Waals surface area (Å²) in [5, 5.41) is 11.4. The van der Waals surface area contributed by atoms with Crippen molar-refractivity contribution in [1.82, 2.24) is 19.4 Å². The number of aromatic nitrogens is 2. The second-order valence-corrected chi connectivity index (χ2v) is 8.94. The van der Waals surface area contributed by atoms with E-state index in [9.17, 15) is 24.5 Å². The second-order valence-electron chi connectivity index (χ2n) is 8.94. The topological polar surface area (TPSA) is 141 Å². The van der Waals surface area contributed by atoms with Crippen molar-refractivity contribution in [3.63, 3.8) is 0 Å². The van der Waals surface area contributed by atoms with Gasteiger partial charge in [0.05, 0.1) is 46.5 Å². The molecule has 39 heavy (non-hydrogen) atoms. The highest BCUT2D eigenvalue weighted by molar-refractivity contribution is 5.91. The predicted molar refractivity (Wildman–Crippen MR) is 140 cm³/mol. The molecule has 0 radical (unpaired) electrons. The number of fused-ring (bicyclic) bond motifs is 1. The van der Waals surface area contributed by atoms with Crippen molar-refractivity contribution in [2.45, 2.75) is 13.5 Å². The molecule has 0 bridgehead atoms. The molecule has 1 saturated heterocycles. The standard InChI is InChI=1S/C27H25N5O7/c1-2-38-27(35)18-5-7-19(8-6-18)31-24(28-22-10-9-20(32(36)37)16-21(22)25(31)33)17-29-11-13-30(14-12-29)26(34)23-4-3-15-39-23/h3-10,15-16H,2,11-14,17H2,1H3. The van der Waals surface area contributed by atoms with E-state index in [0.717, 1.165) is 0 Å². The Labute approximate surface area is 222 Å². The molecule has 0 aliphatic carbocycles. The van der Waals surface area contributed by atoms with Crippen molar-refractivity contribution in [1.29, 1.82) is 0 Å². The number of hydrogen-bond donors (Lipinski definition) is 0. The average Bonchev–Trinajstić information content (AvgIpc) is 3.49. The molecule has 1 aliphatic rings. The van der Waals surface area contributed by atoms with Crippen LogP contribution < -0.4 is 5.56 Å². The Bertz CT molecular complexity index is 1590. The molecule has 0 spiro atoms. The molecule has 1 aliphatic heterocycles. The number of non-ortho nitro benzene ring substituents is 1. The number of hydrogen-bond acceptors (Lipinski definition) is 9. The van der Waals surface area contributed by atoms with Gasteiger partial charge < -0.3 is 14.1 Å². The molecule has 3 heterocycles. The van der Waals surface area contributed by atoms with Gasteiger partial charge in [0.15, 0.2) is 5.76 Å². The lowest BCUT2D eigenvalue weighted by Gasteiger charge is -2.34. The average molecular weight is 532 g/mol. The Kier molecular flexibility index (Phi) is 7.19. The van der Waals surface area contributed by atoms with Gasteiger partial charge >= 0.3 is 5.97 Å². The minimum absolute atomic E-state index is 0.108. The van der Waals surface area contributed by atoms with Crippen molar-refractivity contribution in [3.05, 3.63) is 98.5 Å². The highest BCUT2D eigenvalue weighted by atomic mass is 16.6. The third-order valence-corrected chi connectivity index (χ3v) is 6.53. The molecule has 12 heteroatoms. The normalized spacial score (nSPS) is 13.9. The smallest absolute Gasteiger partial charge is 0.338 e. The van der Waals surface area contributed by atoms with Crippen LogP contribution in [0.2, 0.25) is 0 Å². The van der Waals surface area contributed by atoms with Gasteiger partial charge in [0.2, 0.25) is 0 Å². The van der Waals surface area contributed by atoms with Gasteiger partial charge in [0, 0.05) is 38.3 Å². The van der Waals surface area contributed by atoms with Crippen molar-refractivity contribution >= 4 is 28.5 Å². The summed E-state index contributed by atoms with van der Waals surface area (Å²) in [5.74, 6) is 0.0550. The summed E-state index contributed by atoms with van der Waals surface area (Å²) in [7, 11) is 0. The number of rotatable bonds is 7. The van der Waals surface area contributed by atoms with Crippen molar-refractivity contribution in [3.8, 4) is 5.69 Å². The molecule has 5 rings (SSSR count). The second kappa shape index (κ2) is 10.9. The van der Waals surface area contributed by atoms with Crippen LogP contribution in [0.15, 0.2) is 70.1 Å². The lowest BCUT2D eigenvalue weighted by molar-refractivity contribution is -0.384. The molecular formula is C27H25N5O7. The Balaban J connectivity index is 1.47. The fourth-order valence-corrected chi connectivity index (χ4v) is 4.53. The number of benzene rings is 2. The SMILES string of the molecule is CCOC(=O)c1ccc(-n2c(CN3CCN(C(=O)c4ccco4)CC3)nc3ccc([N+](=O)[O-])cc3c2=O)cc1. The van der Waals surface area contributed by atoms with E-state index < -0.39 is 16.5 Å². The minimum atomic E-state index is -0.561. The first-order valence-electron chi connectivity index (χ1n) is 12.4. The van der Waals surface area contributed by atoms with Crippen LogP contribution in [-0.2, 0) is 11.3 Å². The Morgan fingerprint density at radius 3 is 2.46 bits per heavy atom. The number of carbonyl (C=O) groups is 2. The molecule has 0 unspecified atom stereocenters. The minimum Gasteiger partial charge on any atom is -0.462 e. The molecule has 2 aromatic heterocycles. The van der Waals surface area contributed by atoms with Gasteiger partial charge in [0.1, 0.15) is 5.82 Å². The zero-order valence-corrected chi connectivity index (χ0v) is 21.1. The molecular weight excluding hydrogens is 506 g/mol. The van der Waals surface area contributed by atoms with Crippen LogP contribution in [0.25, 0.3) is 16.6 Å². The van der Waals surface area contributed by atoms with Crippen LogP contribution in [0, 0.1) is 10.1 Å². The molecule has 200 valence electrons. The Hall–Kier alpha value is -4.84.